The van der Waals surface area contributed by atoms with Crippen LogP contribution in [0.15, 0.2) is 35.3 Å². The molecule has 1 aliphatic rings. The van der Waals surface area contributed by atoms with E-state index in [-0.39, 0.29) is 24.0 Å². The lowest BCUT2D eigenvalue weighted by Gasteiger charge is -2.17. The third kappa shape index (κ3) is 6.20. The standard InChI is InChI=1S/C21H32N6.HI/c1-17-15-18(2)27(25-17)20-10-5-4-9-19(20)16-24-21(22-3)23-11-8-14-26-12-6-7-13-26;/h4-5,9-10,15H,6-8,11-14,16H2,1-3H3,(H2,22,23,24);1H. The van der Waals surface area contributed by atoms with Gasteiger partial charge in [-0.3, -0.25) is 4.99 Å². The van der Waals surface area contributed by atoms with E-state index in [1.807, 2.05) is 18.7 Å². The van der Waals surface area contributed by atoms with Gasteiger partial charge in [0.1, 0.15) is 0 Å². The van der Waals surface area contributed by atoms with Gasteiger partial charge in [-0.25, -0.2) is 4.68 Å². The second-order valence-corrected chi connectivity index (χ2v) is 7.22. The lowest BCUT2D eigenvalue weighted by molar-refractivity contribution is 0.334. The highest BCUT2D eigenvalue weighted by atomic mass is 127. The van der Waals surface area contributed by atoms with Crippen LogP contribution in [-0.2, 0) is 6.54 Å². The zero-order valence-electron chi connectivity index (χ0n) is 17.2. The molecule has 7 heteroatoms. The summed E-state index contributed by atoms with van der Waals surface area (Å²) in [6.07, 6.45) is 3.85. The van der Waals surface area contributed by atoms with Crippen molar-refractivity contribution in [2.45, 2.75) is 39.7 Å². The molecule has 154 valence electrons. The number of para-hydroxylation sites is 1. The Hall–Kier alpha value is -1.61. The van der Waals surface area contributed by atoms with Crippen molar-refractivity contribution in [2.75, 3.05) is 33.2 Å². The summed E-state index contributed by atoms with van der Waals surface area (Å²) >= 11 is 0. The number of halogens is 1. The molecule has 0 unspecified atom stereocenters. The number of nitrogens with one attached hydrogen (secondary N) is 2. The number of aryl methyl sites for hydroxylation is 2. The summed E-state index contributed by atoms with van der Waals surface area (Å²) in [7, 11) is 1.82. The predicted octanol–water partition coefficient (Wildman–Crippen LogP) is 3.26. The van der Waals surface area contributed by atoms with Crippen LogP contribution in [-0.4, -0.2) is 53.9 Å². The van der Waals surface area contributed by atoms with Crippen molar-refractivity contribution >= 4 is 29.9 Å². The van der Waals surface area contributed by atoms with Crippen LogP contribution in [0.1, 0.15) is 36.2 Å². The van der Waals surface area contributed by atoms with Gasteiger partial charge in [-0.1, -0.05) is 18.2 Å². The van der Waals surface area contributed by atoms with Crippen LogP contribution in [0.25, 0.3) is 5.69 Å². The quantitative estimate of drug-likeness (QED) is 0.268. The van der Waals surface area contributed by atoms with Crippen LogP contribution in [0.3, 0.4) is 0 Å². The number of nitrogens with zero attached hydrogens (tertiary/aromatic N) is 4. The fourth-order valence-electron chi connectivity index (χ4n) is 3.65. The second kappa shape index (κ2) is 11.4. The Balaban J connectivity index is 0.00000280. The lowest BCUT2D eigenvalue weighted by atomic mass is 10.1. The van der Waals surface area contributed by atoms with E-state index in [0.29, 0.717) is 6.54 Å². The molecule has 2 N–H and O–H groups in total. The van der Waals surface area contributed by atoms with Crippen molar-refractivity contribution in [3.05, 3.63) is 47.3 Å². The monoisotopic (exact) mass is 496 g/mol. The maximum Gasteiger partial charge on any atom is 0.191 e. The third-order valence-corrected chi connectivity index (χ3v) is 5.04. The number of benzene rings is 1. The van der Waals surface area contributed by atoms with Crippen molar-refractivity contribution < 1.29 is 0 Å². The van der Waals surface area contributed by atoms with Gasteiger partial charge in [0.15, 0.2) is 5.96 Å². The molecule has 2 aromatic rings. The predicted molar refractivity (Wildman–Crippen MR) is 127 cm³/mol. The van der Waals surface area contributed by atoms with Crippen molar-refractivity contribution in [1.82, 2.24) is 25.3 Å². The van der Waals surface area contributed by atoms with Crippen molar-refractivity contribution in [3.8, 4) is 5.69 Å². The summed E-state index contributed by atoms with van der Waals surface area (Å²) in [5, 5.41) is 11.5. The van der Waals surface area contributed by atoms with Gasteiger partial charge in [0, 0.05) is 25.8 Å². The first kappa shape index (κ1) is 22.7. The summed E-state index contributed by atoms with van der Waals surface area (Å²) < 4.78 is 2.01. The van der Waals surface area contributed by atoms with Crippen LogP contribution < -0.4 is 10.6 Å². The molecule has 0 spiro atoms. The Kier molecular flexibility index (Phi) is 9.24. The first-order chi connectivity index (χ1) is 13.2. The molecule has 2 heterocycles. The average molecular weight is 496 g/mol. The molecule has 1 saturated heterocycles. The molecule has 28 heavy (non-hydrogen) atoms. The number of hydrogen-bond acceptors (Lipinski definition) is 3. The number of hydrogen-bond donors (Lipinski definition) is 2. The molecule has 1 aromatic carbocycles. The highest BCUT2D eigenvalue weighted by Crippen LogP contribution is 2.16. The van der Waals surface area contributed by atoms with Gasteiger partial charge in [-0.2, -0.15) is 5.10 Å². The number of guanidine groups is 1. The van der Waals surface area contributed by atoms with Crippen LogP contribution in [0.4, 0.5) is 0 Å². The maximum atomic E-state index is 4.63. The molecule has 0 bridgehead atoms. The average Bonchev–Trinajstić information content (AvgIpc) is 3.30. The van der Waals surface area contributed by atoms with Gasteiger partial charge in [-0.05, 0) is 70.4 Å². The smallest absolute Gasteiger partial charge is 0.191 e. The van der Waals surface area contributed by atoms with E-state index in [0.717, 1.165) is 36.0 Å². The topological polar surface area (TPSA) is 57.5 Å². The first-order valence-corrected chi connectivity index (χ1v) is 9.96. The molecule has 0 amide bonds. The minimum Gasteiger partial charge on any atom is -0.356 e. The minimum absolute atomic E-state index is 0. The number of aliphatic imine (C=N–C) groups is 1. The zero-order valence-corrected chi connectivity index (χ0v) is 19.6. The van der Waals surface area contributed by atoms with Gasteiger partial charge < -0.3 is 15.5 Å². The third-order valence-electron chi connectivity index (χ3n) is 5.04. The van der Waals surface area contributed by atoms with E-state index in [1.54, 1.807) is 0 Å². The molecule has 0 atom stereocenters. The first-order valence-electron chi connectivity index (χ1n) is 9.96. The van der Waals surface area contributed by atoms with Crippen molar-refractivity contribution in [1.29, 1.82) is 0 Å². The molecule has 0 saturated carbocycles. The van der Waals surface area contributed by atoms with E-state index >= 15 is 0 Å². The molecule has 1 aliphatic heterocycles. The number of rotatable bonds is 7. The van der Waals surface area contributed by atoms with E-state index in [2.05, 4.69) is 62.9 Å². The number of likely N-dealkylation sites (tertiary alicyclic amines) is 1. The Morgan fingerprint density at radius 1 is 1.14 bits per heavy atom. The van der Waals surface area contributed by atoms with Gasteiger partial charge in [-0.15, -0.1) is 24.0 Å². The summed E-state index contributed by atoms with van der Waals surface area (Å²) in [5.41, 5.74) is 4.49. The van der Waals surface area contributed by atoms with Gasteiger partial charge in [0.25, 0.3) is 0 Å². The van der Waals surface area contributed by atoms with Crippen LogP contribution in [0, 0.1) is 13.8 Å². The van der Waals surface area contributed by atoms with Crippen LogP contribution >= 0.6 is 24.0 Å². The molecule has 0 radical (unpaired) electrons. The van der Waals surface area contributed by atoms with Crippen molar-refractivity contribution in [3.63, 3.8) is 0 Å². The van der Waals surface area contributed by atoms with Gasteiger partial charge in [0.05, 0.1) is 11.4 Å². The molecule has 3 rings (SSSR count). The Bertz CT molecular complexity index is 764. The van der Waals surface area contributed by atoms with Crippen LogP contribution in [0.2, 0.25) is 0 Å². The SMILES string of the molecule is CN=C(NCCCN1CCCC1)NCc1ccccc1-n1nc(C)cc1C.I. The molecular weight excluding hydrogens is 463 g/mol. The summed E-state index contributed by atoms with van der Waals surface area (Å²) in [6.45, 7) is 9.45. The largest absolute Gasteiger partial charge is 0.356 e. The molecule has 0 aliphatic carbocycles. The Labute approximate surface area is 185 Å². The van der Waals surface area contributed by atoms with Gasteiger partial charge in [0.2, 0.25) is 0 Å². The summed E-state index contributed by atoms with van der Waals surface area (Å²) in [4.78, 5) is 6.90. The van der Waals surface area contributed by atoms with Crippen LogP contribution in [0.5, 0.6) is 0 Å². The van der Waals surface area contributed by atoms with E-state index in [4.69, 9.17) is 0 Å². The molecule has 1 aromatic heterocycles. The fourth-order valence-corrected chi connectivity index (χ4v) is 3.65. The Morgan fingerprint density at radius 2 is 1.89 bits per heavy atom. The zero-order chi connectivity index (χ0) is 19.1. The number of aromatic nitrogens is 2. The Morgan fingerprint density at radius 3 is 2.57 bits per heavy atom. The molecule has 6 nitrogen and oxygen atoms in total. The summed E-state index contributed by atoms with van der Waals surface area (Å²) in [5.74, 6) is 0.847. The highest BCUT2D eigenvalue weighted by molar-refractivity contribution is 14.0. The lowest BCUT2D eigenvalue weighted by Crippen LogP contribution is -2.38. The molecule has 1 fully saturated rings. The minimum atomic E-state index is 0. The van der Waals surface area contributed by atoms with Gasteiger partial charge >= 0.3 is 0 Å². The van der Waals surface area contributed by atoms with E-state index < -0.39 is 0 Å². The molecular formula is C21H33IN6. The summed E-state index contributed by atoms with van der Waals surface area (Å²) in [6, 6.07) is 10.5. The second-order valence-electron chi connectivity index (χ2n) is 7.22. The van der Waals surface area contributed by atoms with E-state index in [1.165, 1.54) is 38.0 Å². The maximum absolute atomic E-state index is 4.63. The fraction of sp³-hybridized carbons (Fsp3) is 0.524. The normalized spacial score (nSPS) is 14.8. The highest BCUT2D eigenvalue weighted by Gasteiger charge is 2.11. The van der Waals surface area contributed by atoms with E-state index in [9.17, 15) is 0 Å². The van der Waals surface area contributed by atoms with Crippen molar-refractivity contribution in [2.24, 2.45) is 4.99 Å².